The van der Waals surface area contributed by atoms with Crippen molar-refractivity contribution in [2.24, 2.45) is 10.9 Å². The van der Waals surface area contributed by atoms with Crippen LogP contribution in [0.4, 0.5) is 0 Å². The SMILES string of the molecule is CC(Oc1ccccc1)C(=O)ON=C(N)c1cccnc1. The molecule has 0 aliphatic carbocycles. The van der Waals surface area contributed by atoms with Gasteiger partial charge in [-0.2, -0.15) is 0 Å². The van der Waals surface area contributed by atoms with Crippen LogP contribution in [0.3, 0.4) is 0 Å². The van der Waals surface area contributed by atoms with Crippen molar-refractivity contribution >= 4 is 11.8 Å². The van der Waals surface area contributed by atoms with Crippen LogP contribution < -0.4 is 10.5 Å². The molecule has 1 heterocycles. The van der Waals surface area contributed by atoms with E-state index in [1.54, 1.807) is 37.4 Å². The molecule has 1 aromatic carbocycles. The zero-order chi connectivity index (χ0) is 15.1. The molecule has 2 N–H and O–H groups in total. The lowest BCUT2D eigenvalue weighted by molar-refractivity contribution is -0.151. The van der Waals surface area contributed by atoms with Crippen molar-refractivity contribution in [1.82, 2.24) is 4.98 Å². The minimum absolute atomic E-state index is 0.0726. The predicted molar refractivity (Wildman–Crippen MR) is 77.6 cm³/mol. The van der Waals surface area contributed by atoms with Crippen molar-refractivity contribution in [2.75, 3.05) is 0 Å². The minimum Gasteiger partial charge on any atom is -0.479 e. The Hall–Kier alpha value is -2.89. The highest BCUT2D eigenvalue weighted by molar-refractivity contribution is 5.97. The normalized spacial score (nSPS) is 12.5. The number of benzene rings is 1. The number of para-hydroxylation sites is 1. The first-order valence-electron chi connectivity index (χ1n) is 6.33. The zero-order valence-corrected chi connectivity index (χ0v) is 11.5. The lowest BCUT2D eigenvalue weighted by atomic mass is 10.3. The summed E-state index contributed by atoms with van der Waals surface area (Å²) < 4.78 is 5.42. The number of hydrogen-bond donors (Lipinski definition) is 1. The van der Waals surface area contributed by atoms with Crippen LogP contribution in [0.1, 0.15) is 12.5 Å². The van der Waals surface area contributed by atoms with Gasteiger partial charge < -0.3 is 15.3 Å². The topological polar surface area (TPSA) is 86.8 Å². The van der Waals surface area contributed by atoms with Gasteiger partial charge in [0, 0.05) is 18.0 Å². The summed E-state index contributed by atoms with van der Waals surface area (Å²) in [6.07, 6.45) is 2.34. The van der Waals surface area contributed by atoms with Gasteiger partial charge in [0.2, 0.25) is 0 Å². The highest BCUT2D eigenvalue weighted by Crippen LogP contribution is 2.11. The summed E-state index contributed by atoms with van der Waals surface area (Å²) >= 11 is 0. The van der Waals surface area contributed by atoms with E-state index in [9.17, 15) is 4.79 Å². The number of hydrogen-bond acceptors (Lipinski definition) is 5. The molecule has 2 aromatic rings. The molecule has 6 nitrogen and oxygen atoms in total. The molecule has 1 aromatic heterocycles. The number of pyridine rings is 1. The van der Waals surface area contributed by atoms with Crippen LogP contribution in [0.5, 0.6) is 5.75 Å². The van der Waals surface area contributed by atoms with Crippen LogP contribution in [0.2, 0.25) is 0 Å². The number of nitrogens with two attached hydrogens (primary N) is 1. The monoisotopic (exact) mass is 285 g/mol. The summed E-state index contributed by atoms with van der Waals surface area (Å²) in [4.78, 5) is 20.4. The van der Waals surface area contributed by atoms with Crippen LogP contribution in [-0.2, 0) is 9.63 Å². The molecule has 0 spiro atoms. The average molecular weight is 285 g/mol. The standard InChI is InChI=1S/C15H15N3O3/c1-11(20-13-7-3-2-4-8-13)15(19)21-18-14(16)12-6-5-9-17-10-12/h2-11H,1H3,(H2,16,18). The molecule has 0 radical (unpaired) electrons. The molecule has 0 saturated heterocycles. The first kappa shape index (κ1) is 14.5. The maximum absolute atomic E-state index is 11.8. The van der Waals surface area contributed by atoms with Crippen LogP contribution in [0, 0.1) is 0 Å². The van der Waals surface area contributed by atoms with E-state index in [1.165, 1.54) is 6.20 Å². The molecule has 0 aliphatic rings. The maximum atomic E-state index is 11.8. The van der Waals surface area contributed by atoms with Gasteiger partial charge in [0.15, 0.2) is 11.9 Å². The van der Waals surface area contributed by atoms with Crippen LogP contribution in [0.25, 0.3) is 0 Å². The molecule has 0 fully saturated rings. The highest BCUT2D eigenvalue weighted by atomic mass is 16.7. The Labute approximate surface area is 122 Å². The summed E-state index contributed by atoms with van der Waals surface area (Å²) in [7, 11) is 0. The average Bonchev–Trinajstić information content (AvgIpc) is 2.54. The molecule has 0 bridgehead atoms. The van der Waals surface area contributed by atoms with Gasteiger partial charge in [-0.15, -0.1) is 0 Å². The van der Waals surface area contributed by atoms with Crippen molar-refractivity contribution in [3.05, 3.63) is 60.4 Å². The fourth-order valence-electron chi connectivity index (χ4n) is 1.49. The van der Waals surface area contributed by atoms with Crippen LogP contribution >= 0.6 is 0 Å². The lowest BCUT2D eigenvalue weighted by Crippen LogP contribution is -2.26. The Morgan fingerprint density at radius 2 is 2.00 bits per heavy atom. The number of ether oxygens (including phenoxy) is 1. The number of rotatable bonds is 5. The van der Waals surface area contributed by atoms with Crippen LogP contribution in [0.15, 0.2) is 60.0 Å². The molecule has 6 heteroatoms. The van der Waals surface area contributed by atoms with Gasteiger partial charge >= 0.3 is 5.97 Å². The zero-order valence-electron chi connectivity index (χ0n) is 11.5. The van der Waals surface area contributed by atoms with E-state index in [4.69, 9.17) is 15.3 Å². The summed E-state index contributed by atoms with van der Waals surface area (Å²) in [5.41, 5.74) is 6.26. The highest BCUT2D eigenvalue weighted by Gasteiger charge is 2.17. The second-order valence-corrected chi connectivity index (χ2v) is 4.20. The van der Waals surface area contributed by atoms with Crippen molar-refractivity contribution in [3.63, 3.8) is 0 Å². The second-order valence-electron chi connectivity index (χ2n) is 4.20. The number of amidine groups is 1. The molecular formula is C15H15N3O3. The Bertz CT molecular complexity index is 615. The number of carbonyl (C=O) groups is 1. The quantitative estimate of drug-likeness (QED) is 0.391. The third kappa shape index (κ3) is 4.31. The van der Waals surface area contributed by atoms with Gasteiger partial charge in [0.05, 0.1) is 0 Å². The number of oxime groups is 1. The van der Waals surface area contributed by atoms with Crippen molar-refractivity contribution in [2.45, 2.75) is 13.0 Å². The van der Waals surface area contributed by atoms with Gasteiger partial charge in [0.25, 0.3) is 0 Å². The van der Waals surface area contributed by atoms with E-state index >= 15 is 0 Å². The van der Waals surface area contributed by atoms with Crippen LogP contribution in [-0.4, -0.2) is 22.9 Å². The molecule has 0 saturated carbocycles. The molecule has 0 aliphatic heterocycles. The van der Waals surface area contributed by atoms with Gasteiger partial charge in [-0.3, -0.25) is 4.98 Å². The van der Waals surface area contributed by atoms with Gasteiger partial charge in [-0.05, 0) is 31.2 Å². The fraction of sp³-hybridized carbons (Fsp3) is 0.133. The summed E-state index contributed by atoms with van der Waals surface area (Å²) in [5, 5.41) is 3.58. The van der Waals surface area contributed by atoms with Gasteiger partial charge in [0.1, 0.15) is 5.75 Å². The summed E-state index contributed by atoms with van der Waals surface area (Å²) in [6.45, 7) is 1.57. The Kier molecular flexibility index (Phi) is 4.87. The Morgan fingerprint density at radius 3 is 2.67 bits per heavy atom. The predicted octanol–water partition coefficient (Wildman–Crippen LogP) is 1.71. The van der Waals surface area contributed by atoms with E-state index in [-0.39, 0.29) is 5.84 Å². The molecule has 21 heavy (non-hydrogen) atoms. The third-order valence-electron chi connectivity index (χ3n) is 2.58. The summed E-state index contributed by atoms with van der Waals surface area (Å²) in [5.74, 6) is 0.0141. The van der Waals surface area contributed by atoms with Crippen molar-refractivity contribution in [3.8, 4) is 5.75 Å². The lowest BCUT2D eigenvalue weighted by Gasteiger charge is -2.11. The van der Waals surface area contributed by atoms with E-state index in [0.717, 1.165) is 0 Å². The first-order chi connectivity index (χ1) is 10.2. The van der Waals surface area contributed by atoms with Crippen molar-refractivity contribution < 1.29 is 14.4 Å². The smallest absolute Gasteiger partial charge is 0.374 e. The number of aromatic nitrogens is 1. The van der Waals surface area contributed by atoms with Crippen molar-refractivity contribution in [1.29, 1.82) is 0 Å². The maximum Gasteiger partial charge on any atom is 0.374 e. The number of carbonyl (C=O) groups excluding carboxylic acids is 1. The molecular weight excluding hydrogens is 270 g/mol. The molecule has 2 rings (SSSR count). The Morgan fingerprint density at radius 1 is 1.24 bits per heavy atom. The fourth-order valence-corrected chi connectivity index (χ4v) is 1.49. The van der Waals surface area contributed by atoms with E-state index < -0.39 is 12.1 Å². The molecule has 1 atom stereocenters. The summed E-state index contributed by atoms with van der Waals surface area (Å²) in [6, 6.07) is 12.4. The second kappa shape index (κ2) is 7.04. The van der Waals surface area contributed by atoms with Gasteiger partial charge in [-0.25, -0.2) is 4.79 Å². The molecule has 1 unspecified atom stereocenters. The Balaban J connectivity index is 1.92. The van der Waals surface area contributed by atoms with Gasteiger partial charge in [-0.1, -0.05) is 23.4 Å². The van der Waals surface area contributed by atoms with E-state index in [2.05, 4.69) is 10.1 Å². The largest absolute Gasteiger partial charge is 0.479 e. The van der Waals surface area contributed by atoms with E-state index in [1.807, 2.05) is 18.2 Å². The molecule has 108 valence electrons. The minimum atomic E-state index is -0.794. The molecule has 0 amide bonds. The number of nitrogens with zero attached hydrogens (tertiary/aromatic N) is 2. The third-order valence-corrected chi connectivity index (χ3v) is 2.58. The first-order valence-corrected chi connectivity index (χ1v) is 6.33. The van der Waals surface area contributed by atoms with E-state index in [0.29, 0.717) is 11.3 Å².